The smallest absolute Gasteiger partial charge is 0.356 e. The van der Waals surface area contributed by atoms with Gasteiger partial charge in [-0.05, 0) is 19.1 Å². The molecule has 0 aliphatic carbocycles. The summed E-state index contributed by atoms with van der Waals surface area (Å²) in [5.74, 6) is 0.344. The number of benzene rings is 1. The summed E-state index contributed by atoms with van der Waals surface area (Å²) in [4.78, 5) is 11.7. The number of carbonyl (C=O) groups excluding carboxylic acids is 1. The van der Waals surface area contributed by atoms with Gasteiger partial charge in [0.2, 0.25) is 0 Å². The van der Waals surface area contributed by atoms with Crippen LogP contribution in [0.5, 0.6) is 11.5 Å². The molecular weight excluding hydrogens is 246 g/mol. The lowest BCUT2D eigenvalue weighted by Gasteiger charge is -2.07. The number of nitrogens with zero attached hydrogens (tertiary/aromatic N) is 1. The third-order valence-corrected chi connectivity index (χ3v) is 2.82. The van der Waals surface area contributed by atoms with Crippen LogP contribution in [0.3, 0.4) is 0 Å². The van der Waals surface area contributed by atoms with Crippen LogP contribution in [0.25, 0.3) is 6.08 Å². The molecule has 0 spiro atoms. The maximum absolute atomic E-state index is 11.7. The number of para-hydroxylation sites is 1. The molecule has 0 bridgehead atoms. The molecular formula is C13H16N3O3+. The normalized spacial score (nSPS) is 16.9. The Morgan fingerprint density at radius 2 is 2.26 bits per heavy atom. The van der Waals surface area contributed by atoms with Crippen LogP contribution in [-0.4, -0.2) is 35.2 Å². The molecule has 2 rings (SSSR count). The third kappa shape index (κ3) is 2.37. The molecule has 0 saturated carbocycles. The van der Waals surface area contributed by atoms with Crippen molar-refractivity contribution in [1.82, 2.24) is 5.32 Å². The molecule has 0 atom stereocenters. The Bertz CT molecular complexity index is 591. The maximum atomic E-state index is 11.7. The Morgan fingerprint density at radius 3 is 2.84 bits per heavy atom. The highest BCUT2D eigenvalue weighted by molar-refractivity contribution is 6.08. The number of nitrogens with one attached hydrogen (secondary N) is 1. The molecule has 1 aliphatic rings. The number of hydrogen-bond donors (Lipinski definition) is 3. The van der Waals surface area contributed by atoms with Crippen LogP contribution in [0.1, 0.15) is 12.5 Å². The van der Waals surface area contributed by atoms with Crippen LogP contribution in [0.4, 0.5) is 0 Å². The summed E-state index contributed by atoms with van der Waals surface area (Å²) in [5.41, 5.74) is 6.47. The van der Waals surface area contributed by atoms with Gasteiger partial charge in [-0.15, -0.1) is 0 Å². The monoisotopic (exact) mass is 262 g/mol. The summed E-state index contributed by atoms with van der Waals surface area (Å²) < 4.78 is 6.82. The number of hydrogen-bond acceptors (Lipinski definition) is 4. The van der Waals surface area contributed by atoms with E-state index in [1.165, 1.54) is 4.58 Å². The SMILES string of the molecule is CCOc1cccc(/C=C2/C(=O)NC(N)=[N+]2C)c1O. The van der Waals surface area contributed by atoms with Crippen molar-refractivity contribution < 1.29 is 19.2 Å². The van der Waals surface area contributed by atoms with Crippen molar-refractivity contribution in [3.8, 4) is 11.5 Å². The summed E-state index contributed by atoms with van der Waals surface area (Å²) >= 11 is 0. The van der Waals surface area contributed by atoms with E-state index >= 15 is 0 Å². The van der Waals surface area contributed by atoms with Gasteiger partial charge in [-0.3, -0.25) is 5.73 Å². The number of ether oxygens (including phenoxy) is 1. The quantitative estimate of drug-likeness (QED) is 0.537. The zero-order valence-corrected chi connectivity index (χ0v) is 10.8. The van der Waals surface area contributed by atoms with E-state index in [4.69, 9.17) is 10.5 Å². The highest BCUT2D eigenvalue weighted by Gasteiger charge is 2.29. The summed E-state index contributed by atoms with van der Waals surface area (Å²) in [6, 6.07) is 5.11. The number of phenols is 1. The molecule has 0 aromatic heterocycles. The highest BCUT2D eigenvalue weighted by Crippen LogP contribution is 2.31. The molecule has 4 N–H and O–H groups in total. The number of phenolic OH excluding ortho intramolecular Hbond substituents is 1. The van der Waals surface area contributed by atoms with Gasteiger partial charge in [0.05, 0.1) is 13.7 Å². The molecule has 1 aliphatic heterocycles. The molecule has 0 radical (unpaired) electrons. The zero-order valence-electron chi connectivity index (χ0n) is 10.8. The lowest BCUT2D eigenvalue weighted by molar-refractivity contribution is -0.432. The first-order valence-corrected chi connectivity index (χ1v) is 5.88. The van der Waals surface area contributed by atoms with Crippen LogP contribution in [-0.2, 0) is 4.79 Å². The van der Waals surface area contributed by atoms with E-state index in [0.717, 1.165) is 0 Å². The highest BCUT2D eigenvalue weighted by atomic mass is 16.5. The minimum atomic E-state index is -0.304. The lowest BCUT2D eigenvalue weighted by atomic mass is 10.1. The van der Waals surface area contributed by atoms with Gasteiger partial charge in [-0.2, -0.15) is 0 Å². The van der Waals surface area contributed by atoms with Crippen molar-refractivity contribution in [3.05, 3.63) is 29.5 Å². The molecule has 0 saturated heterocycles. The van der Waals surface area contributed by atoms with Gasteiger partial charge in [-0.1, -0.05) is 12.1 Å². The second kappa shape index (κ2) is 5.01. The van der Waals surface area contributed by atoms with Crippen LogP contribution in [0, 0.1) is 0 Å². The second-order valence-electron chi connectivity index (χ2n) is 4.05. The summed E-state index contributed by atoms with van der Waals surface area (Å²) in [6.45, 7) is 2.28. The van der Waals surface area contributed by atoms with Gasteiger partial charge in [0, 0.05) is 5.56 Å². The first kappa shape index (κ1) is 12.9. The molecule has 19 heavy (non-hydrogen) atoms. The number of likely N-dealkylation sites (N-methyl/N-ethyl adjacent to an activating group) is 1. The molecule has 1 heterocycles. The topological polar surface area (TPSA) is 87.6 Å². The Balaban J connectivity index is 2.44. The maximum Gasteiger partial charge on any atom is 0.356 e. The van der Waals surface area contributed by atoms with Crippen LogP contribution >= 0.6 is 0 Å². The molecule has 0 unspecified atom stereocenters. The molecule has 1 aromatic rings. The van der Waals surface area contributed by atoms with E-state index in [1.54, 1.807) is 31.3 Å². The van der Waals surface area contributed by atoms with Crippen molar-refractivity contribution in [2.75, 3.05) is 13.7 Å². The van der Waals surface area contributed by atoms with Crippen molar-refractivity contribution in [1.29, 1.82) is 0 Å². The van der Waals surface area contributed by atoms with E-state index in [2.05, 4.69) is 5.32 Å². The van der Waals surface area contributed by atoms with Gasteiger partial charge in [0.1, 0.15) is 0 Å². The van der Waals surface area contributed by atoms with Crippen molar-refractivity contribution in [2.45, 2.75) is 6.92 Å². The standard InChI is InChI=1S/C13H15N3O3/c1-3-19-10-6-4-5-8(11(10)17)7-9-12(18)15-13(14)16(9)2/h4-7H,3H2,1-2H3,(H3,14,15,17,18)/p+1. The molecule has 6 heteroatoms. The first-order chi connectivity index (χ1) is 9.04. The van der Waals surface area contributed by atoms with Crippen molar-refractivity contribution in [3.63, 3.8) is 0 Å². The number of guanidine groups is 1. The van der Waals surface area contributed by atoms with Crippen molar-refractivity contribution >= 4 is 17.9 Å². The molecule has 6 nitrogen and oxygen atoms in total. The van der Waals surface area contributed by atoms with Gasteiger partial charge in [0.25, 0.3) is 0 Å². The fraction of sp³-hybridized carbons (Fsp3) is 0.231. The van der Waals surface area contributed by atoms with Crippen LogP contribution < -0.4 is 15.8 Å². The Labute approximate surface area is 110 Å². The number of nitrogens with two attached hydrogens (primary N) is 1. The number of rotatable bonds is 3. The Kier molecular flexibility index (Phi) is 3.41. The predicted molar refractivity (Wildman–Crippen MR) is 70.8 cm³/mol. The Hall–Kier alpha value is -2.50. The predicted octanol–water partition coefficient (Wildman–Crippen LogP) is 0.219. The van der Waals surface area contributed by atoms with E-state index in [-0.39, 0.29) is 17.6 Å². The van der Waals surface area contributed by atoms with Crippen LogP contribution in [0.15, 0.2) is 23.9 Å². The van der Waals surface area contributed by atoms with Gasteiger partial charge in [0.15, 0.2) is 17.2 Å². The minimum absolute atomic E-state index is 0.00326. The first-order valence-electron chi connectivity index (χ1n) is 5.88. The summed E-state index contributed by atoms with van der Waals surface area (Å²) in [7, 11) is 1.67. The lowest BCUT2D eigenvalue weighted by Crippen LogP contribution is -2.32. The fourth-order valence-electron chi connectivity index (χ4n) is 1.78. The zero-order chi connectivity index (χ0) is 14.0. The van der Waals surface area contributed by atoms with E-state index in [9.17, 15) is 9.90 Å². The molecule has 100 valence electrons. The van der Waals surface area contributed by atoms with Crippen molar-refractivity contribution in [2.24, 2.45) is 5.73 Å². The fourth-order valence-corrected chi connectivity index (χ4v) is 1.78. The van der Waals surface area contributed by atoms with E-state index < -0.39 is 0 Å². The van der Waals surface area contributed by atoms with Gasteiger partial charge >= 0.3 is 11.9 Å². The number of amides is 1. The minimum Gasteiger partial charge on any atom is -0.504 e. The largest absolute Gasteiger partial charge is 0.504 e. The van der Waals surface area contributed by atoms with E-state index in [0.29, 0.717) is 23.6 Å². The van der Waals surface area contributed by atoms with Gasteiger partial charge < -0.3 is 9.84 Å². The van der Waals surface area contributed by atoms with Gasteiger partial charge in [-0.25, -0.2) is 14.7 Å². The second-order valence-corrected chi connectivity index (χ2v) is 4.05. The summed E-state index contributed by atoms with van der Waals surface area (Å²) in [6.07, 6.45) is 1.56. The number of aromatic hydroxyl groups is 1. The third-order valence-electron chi connectivity index (χ3n) is 2.82. The van der Waals surface area contributed by atoms with E-state index in [1.807, 2.05) is 6.92 Å². The Morgan fingerprint density at radius 1 is 1.53 bits per heavy atom. The molecule has 1 aromatic carbocycles. The average molecular weight is 262 g/mol. The average Bonchev–Trinajstić information content (AvgIpc) is 2.61. The molecule has 1 amide bonds. The van der Waals surface area contributed by atoms with Crippen LogP contribution in [0.2, 0.25) is 0 Å². The number of carbonyl (C=O) groups is 1. The molecule has 0 fully saturated rings. The summed E-state index contributed by atoms with van der Waals surface area (Å²) in [5, 5.41) is 12.6.